The fraction of sp³-hybridized carbons (Fsp3) is 0.467. The lowest BCUT2D eigenvalue weighted by molar-refractivity contribution is -0.117. The minimum atomic E-state index is 0. The Labute approximate surface area is 130 Å². The molecule has 1 atom stereocenters. The van der Waals surface area contributed by atoms with Crippen LogP contribution in [0.4, 0.5) is 5.69 Å². The van der Waals surface area contributed by atoms with Gasteiger partial charge in [0, 0.05) is 36.3 Å². The lowest BCUT2D eigenvalue weighted by Gasteiger charge is -2.16. The van der Waals surface area contributed by atoms with Crippen LogP contribution in [0.5, 0.6) is 0 Å². The molecule has 1 aromatic rings. The third kappa shape index (κ3) is 3.74. The Balaban J connectivity index is 0.00000161. The van der Waals surface area contributed by atoms with Gasteiger partial charge >= 0.3 is 0 Å². The first-order valence-electron chi connectivity index (χ1n) is 7.09. The Bertz CT molecular complexity index is 528. The summed E-state index contributed by atoms with van der Waals surface area (Å²) in [6, 6.07) is 7.17. The molecule has 1 heterocycles. The first-order chi connectivity index (χ1) is 9.63. The second-order valence-electron chi connectivity index (χ2n) is 5.64. The molecule has 1 saturated carbocycles. The monoisotopic (exact) mass is 309 g/mol. The molecule has 0 aromatic heterocycles. The number of nitrogens with two attached hydrogens (primary N) is 1. The summed E-state index contributed by atoms with van der Waals surface area (Å²) >= 11 is 0. The van der Waals surface area contributed by atoms with Crippen LogP contribution in [-0.4, -0.2) is 35.8 Å². The third-order valence-electron chi connectivity index (χ3n) is 3.86. The van der Waals surface area contributed by atoms with Crippen molar-refractivity contribution in [1.82, 2.24) is 4.90 Å². The second kappa shape index (κ2) is 6.45. The average molecular weight is 310 g/mol. The maximum atomic E-state index is 12.2. The van der Waals surface area contributed by atoms with E-state index in [1.165, 1.54) is 0 Å². The van der Waals surface area contributed by atoms with Gasteiger partial charge < -0.3 is 16.0 Å². The van der Waals surface area contributed by atoms with Crippen LogP contribution in [0.25, 0.3) is 0 Å². The Hall–Kier alpha value is -1.59. The predicted octanol–water partition coefficient (Wildman–Crippen LogP) is 1.63. The molecule has 0 bridgehead atoms. The predicted molar refractivity (Wildman–Crippen MR) is 83.5 cm³/mol. The Morgan fingerprint density at radius 3 is 2.33 bits per heavy atom. The van der Waals surface area contributed by atoms with Crippen molar-refractivity contribution in [1.29, 1.82) is 0 Å². The standard InChI is InChI=1S/C15H19N3O2.ClH/c16-12-7-8-18(9-12)15(20)11-3-5-13(6-4-11)17-14(19)10-1-2-10;/h3-6,10,12H,1-2,7-9,16H2,(H,17,19);1H/t12-;/m1./s1. The molecule has 6 heteroatoms. The highest BCUT2D eigenvalue weighted by Crippen LogP contribution is 2.30. The molecule has 3 N–H and O–H groups in total. The van der Waals surface area contributed by atoms with E-state index >= 15 is 0 Å². The number of likely N-dealkylation sites (tertiary alicyclic amines) is 1. The molecule has 2 amide bonds. The summed E-state index contributed by atoms with van der Waals surface area (Å²) in [5, 5.41) is 2.86. The normalized spacial score (nSPS) is 20.8. The van der Waals surface area contributed by atoms with Gasteiger partial charge in [-0.2, -0.15) is 0 Å². The van der Waals surface area contributed by atoms with Gasteiger partial charge in [0.05, 0.1) is 0 Å². The van der Waals surface area contributed by atoms with E-state index in [1.54, 1.807) is 29.2 Å². The molecule has 2 fully saturated rings. The maximum absolute atomic E-state index is 12.2. The molecule has 1 aliphatic heterocycles. The van der Waals surface area contributed by atoms with Crippen molar-refractivity contribution in [2.75, 3.05) is 18.4 Å². The number of hydrogen-bond acceptors (Lipinski definition) is 3. The fourth-order valence-corrected chi connectivity index (χ4v) is 2.44. The molecule has 21 heavy (non-hydrogen) atoms. The highest BCUT2D eigenvalue weighted by molar-refractivity contribution is 5.97. The van der Waals surface area contributed by atoms with E-state index < -0.39 is 0 Å². The minimum Gasteiger partial charge on any atom is -0.337 e. The number of amides is 2. The number of hydrogen-bond donors (Lipinski definition) is 2. The SMILES string of the molecule is Cl.N[C@@H]1CCN(C(=O)c2ccc(NC(=O)C3CC3)cc2)C1. The van der Waals surface area contributed by atoms with Crippen LogP contribution in [-0.2, 0) is 4.79 Å². The zero-order valence-corrected chi connectivity index (χ0v) is 12.6. The summed E-state index contributed by atoms with van der Waals surface area (Å²) in [5.41, 5.74) is 7.20. The van der Waals surface area contributed by atoms with Crippen molar-refractivity contribution in [3.05, 3.63) is 29.8 Å². The Morgan fingerprint density at radius 2 is 1.81 bits per heavy atom. The van der Waals surface area contributed by atoms with Gasteiger partial charge in [-0.3, -0.25) is 9.59 Å². The van der Waals surface area contributed by atoms with Crippen molar-refractivity contribution >= 4 is 29.9 Å². The highest BCUT2D eigenvalue weighted by atomic mass is 35.5. The largest absolute Gasteiger partial charge is 0.337 e. The van der Waals surface area contributed by atoms with E-state index in [-0.39, 0.29) is 36.2 Å². The first kappa shape index (κ1) is 15.8. The zero-order chi connectivity index (χ0) is 14.1. The smallest absolute Gasteiger partial charge is 0.253 e. The molecule has 1 aliphatic carbocycles. The number of nitrogens with zero attached hydrogens (tertiary/aromatic N) is 1. The number of halogens is 1. The summed E-state index contributed by atoms with van der Waals surface area (Å²) in [6.07, 6.45) is 2.83. The molecule has 5 nitrogen and oxygen atoms in total. The van der Waals surface area contributed by atoms with Gasteiger partial charge in [-0.25, -0.2) is 0 Å². The first-order valence-corrected chi connectivity index (χ1v) is 7.09. The Kier molecular flexibility index (Phi) is 4.85. The fourth-order valence-electron chi connectivity index (χ4n) is 2.44. The molecule has 114 valence electrons. The summed E-state index contributed by atoms with van der Waals surface area (Å²) in [6.45, 7) is 1.35. The topological polar surface area (TPSA) is 75.4 Å². The van der Waals surface area contributed by atoms with Crippen molar-refractivity contribution in [2.24, 2.45) is 11.7 Å². The van der Waals surface area contributed by atoms with Crippen molar-refractivity contribution in [3.8, 4) is 0 Å². The van der Waals surface area contributed by atoms with Gasteiger partial charge in [0.1, 0.15) is 0 Å². The molecule has 2 aliphatic rings. The minimum absolute atomic E-state index is 0. The molecular weight excluding hydrogens is 290 g/mol. The third-order valence-corrected chi connectivity index (χ3v) is 3.86. The van der Waals surface area contributed by atoms with Crippen molar-refractivity contribution < 1.29 is 9.59 Å². The van der Waals surface area contributed by atoms with Crippen LogP contribution in [0.3, 0.4) is 0 Å². The van der Waals surface area contributed by atoms with E-state index in [0.29, 0.717) is 12.1 Å². The van der Waals surface area contributed by atoms with Crippen LogP contribution in [0, 0.1) is 5.92 Å². The summed E-state index contributed by atoms with van der Waals surface area (Å²) < 4.78 is 0. The van der Waals surface area contributed by atoms with Gasteiger partial charge in [0.2, 0.25) is 5.91 Å². The lowest BCUT2D eigenvalue weighted by Crippen LogP contribution is -2.31. The van der Waals surface area contributed by atoms with E-state index in [0.717, 1.165) is 31.5 Å². The second-order valence-corrected chi connectivity index (χ2v) is 5.64. The molecule has 3 rings (SSSR count). The molecule has 0 radical (unpaired) electrons. The van der Waals surface area contributed by atoms with Gasteiger partial charge in [-0.15, -0.1) is 12.4 Å². The number of rotatable bonds is 3. The molecule has 1 aromatic carbocycles. The highest BCUT2D eigenvalue weighted by Gasteiger charge is 2.29. The van der Waals surface area contributed by atoms with E-state index in [1.807, 2.05) is 0 Å². The summed E-state index contributed by atoms with van der Waals surface area (Å²) in [5.74, 6) is 0.273. The number of carbonyl (C=O) groups is 2. The number of anilines is 1. The van der Waals surface area contributed by atoms with E-state index in [2.05, 4.69) is 5.32 Å². The Morgan fingerprint density at radius 1 is 1.14 bits per heavy atom. The summed E-state index contributed by atoms with van der Waals surface area (Å²) in [7, 11) is 0. The van der Waals surface area contributed by atoms with Crippen LogP contribution in [0.15, 0.2) is 24.3 Å². The lowest BCUT2D eigenvalue weighted by atomic mass is 10.2. The van der Waals surface area contributed by atoms with E-state index in [9.17, 15) is 9.59 Å². The zero-order valence-electron chi connectivity index (χ0n) is 11.7. The summed E-state index contributed by atoms with van der Waals surface area (Å²) in [4.78, 5) is 25.6. The van der Waals surface area contributed by atoms with Gasteiger partial charge in [-0.05, 0) is 43.5 Å². The van der Waals surface area contributed by atoms with Gasteiger partial charge in [0.25, 0.3) is 5.91 Å². The van der Waals surface area contributed by atoms with E-state index in [4.69, 9.17) is 5.73 Å². The number of nitrogens with one attached hydrogen (secondary N) is 1. The molecule has 1 saturated heterocycles. The van der Waals surface area contributed by atoms with Crippen LogP contribution < -0.4 is 11.1 Å². The number of carbonyl (C=O) groups excluding carboxylic acids is 2. The molecular formula is C15H20ClN3O2. The van der Waals surface area contributed by atoms with Gasteiger partial charge in [-0.1, -0.05) is 0 Å². The maximum Gasteiger partial charge on any atom is 0.253 e. The van der Waals surface area contributed by atoms with Crippen LogP contribution in [0.2, 0.25) is 0 Å². The van der Waals surface area contributed by atoms with Crippen LogP contribution >= 0.6 is 12.4 Å². The quantitative estimate of drug-likeness (QED) is 0.891. The molecule has 0 spiro atoms. The number of benzene rings is 1. The van der Waals surface area contributed by atoms with Crippen molar-refractivity contribution in [2.45, 2.75) is 25.3 Å². The van der Waals surface area contributed by atoms with Crippen LogP contribution in [0.1, 0.15) is 29.6 Å². The van der Waals surface area contributed by atoms with Crippen molar-refractivity contribution in [3.63, 3.8) is 0 Å². The van der Waals surface area contributed by atoms with Gasteiger partial charge in [0.15, 0.2) is 0 Å². The average Bonchev–Trinajstić information content (AvgIpc) is 3.21. The molecule has 0 unspecified atom stereocenters.